The van der Waals surface area contributed by atoms with E-state index >= 15 is 0 Å². The molecular weight excluding hydrogens is 436 g/mol. The van der Waals surface area contributed by atoms with Crippen LogP contribution in [-0.2, 0) is 0 Å². The SMILES string of the molecule is Cc1c(C)n(-c2ccccc2)c2ccc(-c3ccc4c(c3)c3ccccc3n4-c3ccccc3)cc12. The number of nitrogens with zero attached hydrogens (tertiary/aromatic N) is 2. The molecule has 0 amide bonds. The first-order valence-corrected chi connectivity index (χ1v) is 12.5. The van der Waals surface area contributed by atoms with Crippen molar-refractivity contribution in [3.05, 3.63) is 133 Å². The highest BCUT2D eigenvalue weighted by Crippen LogP contribution is 2.37. The zero-order chi connectivity index (χ0) is 24.2. The van der Waals surface area contributed by atoms with E-state index < -0.39 is 0 Å². The zero-order valence-corrected chi connectivity index (χ0v) is 20.4. The largest absolute Gasteiger partial charge is 0.314 e. The van der Waals surface area contributed by atoms with Gasteiger partial charge in [0.25, 0.3) is 0 Å². The Morgan fingerprint density at radius 3 is 1.58 bits per heavy atom. The van der Waals surface area contributed by atoms with Crippen LogP contribution in [-0.4, -0.2) is 9.13 Å². The number of rotatable bonds is 3. The van der Waals surface area contributed by atoms with Crippen LogP contribution in [0.1, 0.15) is 11.3 Å². The van der Waals surface area contributed by atoms with E-state index in [0.29, 0.717) is 0 Å². The van der Waals surface area contributed by atoms with Crippen molar-refractivity contribution in [2.45, 2.75) is 13.8 Å². The van der Waals surface area contributed by atoms with E-state index in [1.165, 1.54) is 66.5 Å². The summed E-state index contributed by atoms with van der Waals surface area (Å²) in [6.07, 6.45) is 0. The molecule has 0 bridgehead atoms. The summed E-state index contributed by atoms with van der Waals surface area (Å²) in [5.74, 6) is 0. The van der Waals surface area contributed by atoms with Crippen molar-refractivity contribution in [1.82, 2.24) is 9.13 Å². The van der Waals surface area contributed by atoms with Gasteiger partial charge >= 0.3 is 0 Å². The molecule has 0 N–H and O–H groups in total. The number of hydrogen-bond donors (Lipinski definition) is 0. The predicted octanol–water partition coefficient (Wildman–Crippen LogP) is 9.01. The van der Waals surface area contributed by atoms with E-state index in [9.17, 15) is 0 Å². The van der Waals surface area contributed by atoms with E-state index in [2.05, 4.69) is 144 Å². The summed E-state index contributed by atoms with van der Waals surface area (Å²) in [6, 6.07) is 43.7. The average molecular weight is 463 g/mol. The van der Waals surface area contributed by atoms with E-state index in [1.807, 2.05) is 0 Å². The molecule has 172 valence electrons. The molecule has 7 rings (SSSR count). The molecule has 2 nitrogen and oxygen atoms in total. The Bertz CT molecular complexity index is 1890. The number of aromatic nitrogens is 2. The molecule has 0 fully saturated rings. The fourth-order valence-corrected chi connectivity index (χ4v) is 5.67. The van der Waals surface area contributed by atoms with Crippen molar-refractivity contribution < 1.29 is 0 Å². The second-order valence-electron chi connectivity index (χ2n) is 9.53. The van der Waals surface area contributed by atoms with Crippen molar-refractivity contribution in [3.63, 3.8) is 0 Å². The van der Waals surface area contributed by atoms with Gasteiger partial charge in [0.2, 0.25) is 0 Å². The maximum absolute atomic E-state index is 2.37. The number of fused-ring (bicyclic) bond motifs is 4. The summed E-state index contributed by atoms with van der Waals surface area (Å²) >= 11 is 0. The Balaban J connectivity index is 1.43. The molecular formula is C34H26N2. The van der Waals surface area contributed by atoms with Gasteiger partial charge in [-0.05, 0) is 85.1 Å². The Hall–Kier alpha value is -4.56. The van der Waals surface area contributed by atoms with Crippen molar-refractivity contribution in [2.75, 3.05) is 0 Å². The van der Waals surface area contributed by atoms with Crippen LogP contribution in [0.15, 0.2) is 121 Å². The van der Waals surface area contributed by atoms with Gasteiger partial charge in [-0.25, -0.2) is 0 Å². The van der Waals surface area contributed by atoms with Crippen LogP contribution in [0.25, 0.3) is 55.2 Å². The smallest absolute Gasteiger partial charge is 0.0541 e. The fraction of sp³-hybridized carbons (Fsp3) is 0.0588. The van der Waals surface area contributed by atoms with Crippen LogP contribution < -0.4 is 0 Å². The summed E-state index contributed by atoms with van der Waals surface area (Å²) in [5, 5.41) is 3.86. The second-order valence-corrected chi connectivity index (χ2v) is 9.53. The molecule has 0 radical (unpaired) electrons. The number of para-hydroxylation sites is 3. The molecule has 0 aliphatic heterocycles. The highest BCUT2D eigenvalue weighted by Gasteiger charge is 2.15. The van der Waals surface area contributed by atoms with Crippen LogP contribution in [0.2, 0.25) is 0 Å². The summed E-state index contributed by atoms with van der Waals surface area (Å²) in [7, 11) is 0. The van der Waals surface area contributed by atoms with Gasteiger partial charge in [0, 0.05) is 33.2 Å². The molecule has 0 aliphatic rings. The van der Waals surface area contributed by atoms with Crippen LogP contribution in [0.4, 0.5) is 0 Å². The highest BCUT2D eigenvalue weighted by molar-refractivity contribution is 6.10. The van der Waals surface area contributed by atoms with Crippen LogP contribution in [0.3, 0.4) is 0 Å². The molecule has 36 heavy (non-hydrogen) atoms. The lowest BCUT2D eigenvalue weighted by molar-refractivity contribution is 1.04. The fourth-order valence-electron chi connectivity index (χ4n) is 5.67. The zero-order valence-electron chi connectivity index (χ0n) is 20.4. The molecule has 0 aliphatic carbocycles. The lowest BCUT2D eigenvalue weighted by Gasteiger charge is -2.09. The van der Waals surface area contributed by atoms with Crippen LogP contribution in [0.5, 0.6) is 0 Å². The van der Waals surface area contributed by atoms with Crippen LogP contribution >= 0.6 is 0 Å². The molecule has 2 aromatic heterocycles. The molecule has 5 aromatic carbocycles. The van der Waals surface area contributed by atoms with Gasteiger partial charge in [-0.3, -0.25) is 0 Å². The van der Waals surface area contributed by atoms with Gasteiger partial charge in [-0.2, -0.15) is 0 Å². The predicted molar refractivity (Wildman–Crippen MR) is 153 cm³/mol. The molecule has 0 saturated carbocycles. The maximum atomic E-state index is 2.37. The van der Waals surface area contributed by atoms with Crippen molar-refractivity contribution >= 4 is 32.7 Å². The van der Waals surface area contributed by atoms with E-state index in [-0.39, 0.29) is 0 Å². The van der Waals surface area contributed by atoms with Gasteiger partial charge in [-0.1, -0.05) is 66.7 Å². The third-order valence-electron chi connectivity index (χ3n) is 7.55. The van der Waals surface area contributed by atoms with Crippen LogP contribution in [0, 0.1) is 13.8 Å². The average Bonchev–Trinajstić information content (AvgIpc) is 3.40. The number of benzene rings is 5. The van der Waals surface area contributed by atoms with Gasteiger partial charge < -0.3 is 9.13 Å². The Morgan fingerprint density at radius 1 is 0.417 bits per heavy atom. The monoisotopic (exact) mass is 462 g/mol. The highest BCUT2D eigenvalue weighted by atomic mass is 15.0. The van der Waals surface area contributed by atoms with Gasteiger partial charge in [0.05, 0.1) is 16.6 Å². The van der Waals surface area contributed by atoms with Gasteiger partial charge in [0.1, 0.15) is 0 Å². The first-order chi connectivity index (χ1) is 17.7. The second kappa shape index (κ2) is 8.00. The summed E-state index contributed by atoms with van der Waals surface area (Å²) < 4.78 is 4.73. The molecule has 7 aromatic rings. The third kappa shape index (κ3) is 3.04. The summed E-state index contributed by atoms with van der Waals surface area (Å²) in [6.45, 7) is 4.45. The van der Waals surface area contributed by atoms with Gasteiger partial charge in [0.15, 0.2) is 0 Å². The Morgan fingerprint density at radius 2 is 0.917 bits per heavy atom. The lowest BCUT2D eigenvalue weighted by atomic mass is 10.0. The quantitative estimate of drug-likeness (QED) is 0.248. The first kappa shape index (κ1) is 20.8. The van der Waals surface area contributed by atoms with Crippen molar-refractivity contribution in [3.8, 4) is 22.5 Å². The number of aryl methyl sites for hydroxylation is 1. The molecule has 0 atom stereocenters. The van der Waals surface area contributed by atoms with Crippen molar-refractivity contribution in [1.29, 1.82) is 0 Å². The molecule has 2 heteroatoms. The number of hydrogen-bond acceptors (Lipinski definition) is 0. The molecule has 0 spiro atoms. The minimum atomic E-state index is 1.19. The maximum Gasteiger partial charge on any atom is 0.0541 e. The molecule has 0 saturated heterocycles. The van der Waals surface area contributed by atoms with E-state index in [4.69, 9.17) is 0 Å². The topological polar surface area (TPSA) is 9.86 Å². The summed E-state index contributed by atoms with van der Waals surface area (Å²) in [4.78, 5) is 0. The Kier molecular flexibility index (Phi) is 4.62. The molecule has 0 unspecified atom stereocenters. The lowest BCUT2D eigenvalue weighted by Crippen LogP contribution is -1.96. The van der Waals surface area contributed by atoms with E-state index in [1.54, 1.807) is 0 Å². The minimum Gasteiger partial charge on any atom is -0.314 e. The molecule has 2 heterocycles. The summed E-state index contributed by atoms with van der Waals surface area (Å²) in [5.41, 5.74) is 11.2. The Labute approximate surface area is 210 Å². The first-order valence-electron chi connectivity index (χ1n) is 12.5. The standard InChI is InChI=1S/C34H26N2/c1-23-24(2)35(27-11-5-3-6-12-27)33-19-17-25(21-30(23)33)26-18-20-34-31(22-26)29-15-9-10-16-32(29)36(34)28-13-7-4-8-14-28/h3-22H,1-2H3. The normalized spacial score (nSPS) is 11.6. The third-order valence-corrected chi connectivity index (χ3v) is 7.55. The van der Waals surface area contributed by atoms with E-state index in [0.717, 1.165) is 0 Å². The van der Waals surface area contributed by atoms with Gasteiger partial charge in [-0.15, -0.1) is 0 Å². The van der Waals surface area contributed by atoms with Crippen molar-refractivity contribution in [2.24, 2.45) is 0 Å². The minimum absolute atomic E-state index is 1.19.